The third-order valence-corrected chi connectivity index (χ3v) is 17.5. The molecule has 0 N–H and O–H groups in total. The van der Waals surface area contributed by atoms with Gasteiger partial charge in [0, 0.05) is 0 Å². The first kappa shape index (κ1) is 35.9. The molecule has 0 spiro atoms. The molecular weight excluding hydrogens is 643 g/mol. The van der Waals surface area contributed by atoms with Crippen LogP contribution in [0.1, 0.15) is 113 Å². The standard InChI is InChI=1S/C21H25.C11H17.C8H8.2ClH.Zr/c1-20(2,3)16-9-7-14-11-15-8-10-17(21(4,5)6)13-19(15)18(14)12-16;1-8-6-9(2)10(7-8)11(3,4)5;1-7-3-5-8(2)6-4-7;;;/h7-13H,1-6H3;7-8H,1-5H3;1,3-6H,2H3;2*1H;/q;;;;;+2/p-2. The average Bonchev–Trinajstić information content (AvgIpc) is 3.35. The summed E-state index contributed by atoms with van der Waals surface area (Å²) in [6, 6.07) is 24.2. The summed E-state index contributed by atoms with van der Waals surface area (Å²) in [5.74, 6) is 0.496. The molecule has 3 heteroatoms. The minimum atomic E-state index is -2.51. The van der Waals surface area contributed by atoms with Crippen molar-refractivity contribution in [3.8, 4) is 11.1 Å². The Morgan fingerprint density at radius 3 is 1.49 bits per heavy atom. The summed E-state index contributed by atoms with van der Waals surface area (Å²) in [6.07, 6.45) is 2.59. The van der Waals surface area contributed by atoms with E-state index in [1.54, 1.807) is 25.6 Å². The largest absolute Gasteiger partial charge is 1.00 e. The van der Waals surface area contributed by atoms with E-state index >= 15 is 0 Å². The molecule has 2 aliphatic carbocycles. The van der Waals surface area contributed by atoms with Crippen molar-refractivity contribution >= 4 is 3.71 Å². The molecule has 0 nitrogen and oxygen atoms in total. The molecule has 0 fully saturated rings. The number of fused-ring (bicyclic) bond motifs is 3. The van der Waals surface area contributed by atoms with Crippen molar-refractivity contribution in [1.82, 2.24) is 0 Å². The van der Waals surface area contributed by atoms with Gasteiger partial charge in [0.05, 0.1) is 0 Å². The fourth-order valence-electron chi connectivity index (χ4n) is 6.91. The normalized spacial score (nSPS) is 16.8. The molecule has 0 bridgehead atoms. The van der Waals surface area contributed by atoms with Crippen molar-refractivity contribution in [3.63, 3.8) is 0 Å². The SMILES string of the molecule is CC1=[C](/[Zr+2](=[CH]/c2ccc(C)cc2)[CH]2c3ccc(C(C)(C)C)cc3-c3cc(C(C)(C)C)ccc32)C(C)C=C1C(C)(C)C.[Cl-].[Cl-]. The maximum atomic E-state index is 2.77. The zero-order chi connectivity index (χ0) is 30.1. The number of benzene rings is 3. The van der Waals surface area contributed by atoms with Gasteiger partial charge in [-0.1, -0.05) is 0 Å². The molecule has 0 saturated heterocycles. The van der Waals surface area contributed by atoms with Crippen molar-refractivity contribution in [2.24, 2.45) is 11.3 Å². The molecule has 0 aliphatic heterocycles. The Bertz CT molecular complexity index is 1530. The molecule has 43 heavy (non-hydrogen) atoms. The Morgan fingerprint density at radius 2 is 1.09 bits per heavy atom. The van der Waals surface area contributed by atoms with E-state index in [4.69, 9.17) is 0 Å². The van der Waals surface area contributed by atoms with Crippen molar-refractivity contribution in [3.05, 3.63) is 115 Å². The third kappa shape index (κ3) is 7.01. The molecule has 228 valence electrons. The number of allylic oxidation sites excluding steroid dienone is 4. The van der Waals surface area contributed by atoms with E-state index in [-0.39, 0.29) is 41.1 Å². The number of hydrogen-bond donors (Lipinski definition) is 0. The molecule has 3 aromatic rings. The predicted molar refractivity (Wildman–Crippen MR) is 177 cm³/mol. The van der Waals surface area contributed by atoms with Crippen LogP contribution in [-0.4, -0.2) is 3.71 Å². The Morgan fingerprint density at radius 1 is 0.628 bits per heavy atom. The summed E-state index contributed by atoms with van der Waals surface area (Å²) in [7, 11) is 0. The van der Waals surface area contributed by atoms with Gasteiger partial charge in [0.2, 0.25) is 0 Å². The van der Waals surface area contributed by atoms with E-state index < -0.39 is 21.3 Å². The molecule has 0 aromatic heterocycles. The monoisotopic (exact) mass is 690 g/mol. The molecule has 5 rings (SSSR count). The molecule has 0 radical (unpaired) electrons. The second-order valence-electron chi connectivity index (χ2n) is 15.7. The topological polar surface area (TPSA) is 0 Å². The Labute approximate surface area is 282 Å². The molecule has 0 amide bonds. The third-order valence-electron chi connectivity index (χ3n) is 9.26. The van der Waals surface area contributed by atoms with E-state index in [9.17, 15) is 0 Å². The summed E-state index contributed by atoms with van der Waals surface area (Å²) in [4.78, 5) is 0. The minimum absolute atomic E-state index is 0. The fraction of sp³-hybridized carbons (Fsp3) is 0.425. The van der Waals surface area contributed by atoms with Gasteiger partial charge in [0.1, 0.15) is 0 Å². The van der Waals surface area contributed by atoms with Crippen LogP contribution in [0.4, 0.5) is 0 Å². The molecule has 3 aromatic carbocycles. The summed E-state index contributed by atoms with van der Waals surface area (Å²) in [6.45, 7) is 28.3. The maximum Gasteiger partial charge on any atom is -1.00 e. The van der Waals surface area contributed by atoms with Gasteiger partial charge < -0.3 is 24.8 Å². The van der Waals surface area contributed by atoms with Crippen LogP contribution in [0.2, 0.25) is 0 Å². The minimum Gasteiger partial charge on any atom is -1.00 e. The fourth-order valence-corrected chi connectivity index (χ4v) is 15.6. The maximum absolute atomic E-state index is 2.77. The van der Waals surface area contributed by atoms with E-state index in [1.165, 1.54) is 33.4 Å². The van der Waals surface area contributed by atoms with Gasteiger partial charge in [-0.25, -0.2) is 0 Å². The van der Waals surface area contributed by atoms with Gasteiger partial charge >= 0.3 is 260 Å². The van der Waals surface area contributed by atoms with Crippen molar-refractivity contribution in [2.45, 2.75) is 97.5 Å². The Kier molecular flexibility index (Phi) is 10.6. The molecular formula is C40H50Cl2Zr. The van der Waals surface area contributed by atoms with E-state index in [2.05, 4.69) is 154 Å². The second-order valence-corrected chi connectivity index (χ2v) is 21.4. The van der Waals surface area contributed by atoms with Crippen LogP contribution < -0.4 is 24.8 Å². The first-order chi connectivity index (χ1) is 19.0. The zero-order valence-corrected chi connectivity index (χ0v) is 32.3. The first-order valence-corrected chi connectivity index (χ1v) is 19.5. The van der Waals surface area contributed by atoms with Crippen LogP contribution in [0.3, 0.4) is 0 Å². The van der Waals surface area contributed by atoms with E-state index in [1.807, 2.05) is 0 Å². The van der Waals surface area contributed by atoms with E-state index in [0.29, 0.717) is 9.54 Å². The number of aryl methyl sites for hydroxylation is 1. The summed E-state index contributed by atoms with van der Waals surface area (Å²) in [5.41, 5.74) is 15.2. The number of hydrogen-bond acceptors (Lipinski definition) is 0. The molecule has 1 unspecified atom stereocenters. The molecule has 1 atom stereocenters. The zero-order valence-electron chi connectivity index (χ0n) is 28.3. The molecule has 0 heterocycles. The van der Waals surface area contributed by atoms with E-state index in [0.717, 1.165) is 0 Å². The molecule has 0 saturated carbocycles. The van der Waals surface area contributed by atoms with Crippen molar-refractivity contribution in [2.75, 3.05) is 0 Å². The van der Waals surface area contributed by atoms with Crippen LogP contribution in [0.5, 0.6) is 0 Å². The van der Waals surface area contributed by atoms with Crippen LogP contribution in [0.15, 0.2) is 81.2 Å². The predicted octanol–water partition coefficient (Wildman–Crippen LogP) is 5.03. The van der Waals surface area contributed by atoms with Gasteiger partial charge in [0.25, 0.3) is 0 Å². The average molecular weight is 693 g/mol. The second kappa shape index (κ2) is 12.7. The summed E-state index contributed by atoms with van der Waals surface area (Å²) < 4.78 is 5.03. The van der Waals surface area contributed by atoms with Crippen LogP contribution in [0, 0.1) is 18.3 Å². The summed E-state index contributed by atoms with van der Waals surface area (Å²) in [5, 5.41) is 0. The Hall–Kier alpha value is -1.53. The number of rotatable bonds is 3. The van der Waals surface area contributed by atoms with Crippen LogP contribution in [-0.2, 0) is 32.1 Å². The summed E-state index contributed by atoms with van der Waals surface area (Å²) >= 11 is -2.51. The Balaban J connectivity index is 0.00000253. The van der Waals surface area contributed by atoms with Gasteiger partial charge in [0.15, 0.2) is 0 Å². The van der Waals surface area contributed by atoms with Gasteiger partial charge in [-0.15, -0.1) is 0 Å². The first-order valence-electron chi connectivity index (χ1n) is 15.5. The van der Waals surface area contributed by atoms with Gasteiger partial charge in [-0.2, -0.15) is 0 Å². The smallest absolute Gasteiger partial charge is 1.00 e. The number of halogens is 2. The van der Waals surface area contributed by atoms with Gasteiger partial charge in [-0.3, -0.25) is 0 Å². The van der Waals surface area contributed by atoms with Crippen LogP contribution in [0.25, 0.3) is 11.1 Å². The van der Waals surface area contributed by atoms with Crippen molar-refractivity contribution in [1.29, 1.82) is 0 Å². The van der Waals surface area contributed by atoms with Gasteiger partial charge in [-0.05, 0) is 0 Å². The van der Waals surface area contributed by atoms with Crippen molar-refractivity contribution < 1.29 is 46.1 Å². The quantitative estimate of drug-likeness (QED) is 0.362. The van der Waals surface area contributed by atoms with Crippen LogP contribution >= 0.6 is 0 Å². The molecule has 2 aliphatic rings.